The standard InChI is InChI=1S/C18H17ClN2O3/c19-12-3-1-11-2-4-14(20-15(11)9-12)16(22)21-7-5-18(6-8-21)10-13(18)17(23)24/h1-4,9,13H,5-8,10H2,(H,23,24). The van der Waals surface area contributed by atoms with Crippen molar-refractivity contribution in [3.05, 3.63) is 41.0 Å². The molecule has 1 N–H and O–H groups in total. The van der Waals surface area contributed by atoms with Crippen LogP contribution in [0, 0.1) is 11.3 Å². The zero-order chi connectivity index (χ0) is 16.9. The average molecular weight is 345 g/mol. The van der Waals surface area contributed by atoms with Gasteiger partial charge in [-0.2, -0.15) is 0 Å². The van der Waals surface area contributed by atoms with Gasteiger partial charge in [-0.3, -0.25) is 9.59 Å². The first-order valence-corrected chi connectivity index (χ1v) is 8.45. The predicted molar refractivity (Wildman–Crippen MR) is 90.1 cm³/mol. The summed E-state index contributed by atoms with van der Waals surface area (Å²) < 4.78 is 0. The number of carbonyl (C=O) groups is 2. The number of pyridine rings is 1. The van der Waals surface area contributed by atoms with Gasteiger partial charge in [0.05, 0.1) is 11.4 Å². The lowest BCUT2D eigenvalue weighted by Crippen LogP contribution is -2.40. The van der Waals surface area contributed by atoms with Crippen LogP contribution in [0.3, 0.4) is 0 Å². The molecule has 24 heavy (non-hydrogen) atoms. The summed E-state index contributed by atoms with van der Waals surface area (Å²) in [5, 5.41) is 10.7. The number of aliphatic carboxylic acids is 1. The van der Waals surface area contributed by atoms with E-state index in [0.717, 1.165) is 24.6 Å². The number of hydrogen-bond acceptors (Lipinski definition) is 3. The molecule has 2 heterocycles. The van der Waals surface area contributed by atoms with Gasteiger partial charge in [0.2, 0.25) is 0 Å². The zero-order valence-electron chi connectivity index (χ0n) is 13.0. The molecule has 6 heteroatoms. The third-order valence-electron chi connectivity index (χ3n) is 5.41. The van der Waals surface area contributed by atoms with Crippen LogP contribution in [0.2, 0.25) is 5.02 Å². The summed E-state index contributed by atoms with van der Waals surface area (Å²) in [6.45, 7) is 1.19. The van der Waals surface area contributed by atoms with Crippen LogP contribution in [0.25, 0.3) is 10.9 Å². The van der Waals surface area contributed by atoms with Gasteiger partial charge in [-0.05, 0) is 42.9 Å². The summed E-state index contributed by atoms with van der Waals surface area (Å²) >= 11 is 5.99. The number of amides is 1. The Labute approximate surface area is 144 Å². The van der Waals surface area contributed by atoms with Gasteiger partial charge in [0.15, 0.2) is 0 Å². The van der Waals surface area contributed by atoms with Crippen molar-refractivity contribution < 1.29 is 14.7 Å². The smallest absolute Gasteiger partial charge is 0.307 e. The molecule has 2 fully saturated rings. The van der Waals surface area contributed by atoms with Crippen molar-refractivity contribution in [2.75, 3.05) is 13.1 Å². The number of rotatable bonds is 2. The van der Waals surface area contributed by atoms with Crippen LogP contribution in [0.5, 0.6) is 0 Å². The van der Waals surface area contributed by atoms with E-state index in [1.165, 1.54) is 0 Å². The highest BCUT2D eigenvalue weighted by Gasteiger charge is 2.59. The molecule has 1 atom stereocenters. The van der Waals surface area contributed by atoms with Crippen LogP contribution in [0.4, 0.5) is 0 Å². The summed E-state index contributed by atoms with van der Waals surface area (Å²) in [4.78, 5) is 30.0. The van der Waals surface area contributed by atoms with E-state index >= 15 is 0 Å². The molecule has 1 aromatic heterocycles. The number of carboxylic acids is 1. The molecule has 1 saturated heterocycles. The minimum atomic E-state index is -0.706. The molecule has 1 spiro atoms. The maximum atomic E-state index is 12.7. The first kappa shape index (κ1) is 15.4. The first-order valence-electron chi connectivity index (χ1n) is 8.07. The topological polar surface area (TPSA) is 70.5 Å². The molecular formula is C18H17ClN2O3. The molecule has 1 aromatic carbocycles. The Morgan fingerprint density at radius 2 is 1.92 bits per heavy atom. The second-order valence-electron chi connectivity index (χ2n) is 6.78. The highest BCUT2D eigenvalue weighted by Crippen LogP contribution is 2.59. The second kappa shape index (κ2) is 5.45. The van der Waals surface area contributed by atoms with Crippen LogP contribution in [0.1, 0.15) is 29.8 Å². The number of carbonyl (C=O) groups excluding carboxylic acids is 1. The lowest BCUT2D eigenvalue weighted by atomic mass is 9.90. The average Bonchev–Trinajstić information content (AvgIpc) is 3.28. The van der Waals surface area contributed by atoms with Gasteiger partial charge in [-0.15, -0.1) is 0 Å². The van der Waals surface area contributed by atoms with Crippen molar-refractivity contribution in [1.29, 1.82) is 0 Å². The molecule has 2 aliphatic rings. The lowest BCUT2D eigenvalue weighted by Gasteiger charge is -2.32. The first-order chi connectivity index (χ1) is 11.5. The molecule has 5 nitrogen and oxygen atoms in total. The van der Waals surface area contributed by atoms with E-state index in [4.69, 9.17) is 16.7 Å². The zero-order valence-corrected chi connectivity index (χ0v) is 13.8. The van der Waals surface area contributed by atoms with Crippen molar-refractivity contribution >= 4 is 34.4 Å². The van der Waals surface area contributed by atoms with E-state index in [9.17, 15) is 9.59 Å². The molecule has 1 aliphatic heterocycles. The fourth-order valence-corrected chi connectivity index (χ4v) is 3.94. The largest absolute Gasteiger partial charge is 0.481 e. The molecule has 1 unspecified atom stereocenters. The summed E-state index contributed by atoms with van der Waals surface area (Å²) in [6.07, 6.45) is 2.27. The number of piperidine rings is 1. The molecule has 0 bridgehead atoms. The monoisotopic (exact) mass is 344 g/mol. The van der Waals surface area contributed by atoms with E-state index in [1.54, 1.807) is 23.1 Å². The van der Waals surface area contributed by atoms with Gasteiger partial charge in [0, 0.05) is 23.5 Å². The number of aromatic nitrogens is 1. The van der Waals surface area contributed by atoms with Gasteiger partial charge >= 0.3 is 5.97 Å². The Kier molecular flexibility index (Phi) is 3.49. The number of hydrogen-bond donors (Lipinski definition) is 1. The minimum absolute atomic E-state index is 0.0764. The fourth-order valence-electron chi connectivity index (χ4n) is 3.78. The van der Waals surface area contributed by atoms with Crippen LogP contribution >= 0.6 is 11.6 Å². The SMILES string of the molecule is O=C(O)C1CC12CCN(C(=O)c1ccc3ccc(Cl)cc3n1)CC2. The molecule has 124 valence electrons. The number of halogens is 1. The van der Waals surface area contributed by atoms with Crippen LogP contribution in [0.15, 0.2) is 30.3 Å². The molecule has 0 radical (unpaired) electrons. The number of benzene rings is 1. The quantitative estimate of drug-likeness (QED) is 0.908. The third kappa shape index (κ3) is 2.53. The second-order valence-corrected chi connectivity index (χ2v) is 7.22. The lowest BCUT2D eigenvalue weighted by molar-refractivity contribution is -0.139. The molecule has 1 amide bonds. The Hall–Kier alpha value is -2.14. The minimum Gasteiger partial charge on any atom is -0.481 e. The predicted octanol–water partition coefficient (Wildman–Crippen LogP) is 3.22. The molecule has 1 aliphatic carbocycles. The van der Waals surface area contributed by atoms with E-state index < -0.39 is 5.97 Å². The van der Waals surface area contributed by atoms with Gasteiger partial charge in [0.1, 0.15) is 5.69 Å². The summed E-state index contributed by atoms with van der Waals surface area (Å²) in [7, 11) is 0. The summed E-state index contributed by atoms with van der Waals surface area (Å²) in [5.41, 5.74) is 1.04. The van der Waals surface area contributed by atoms with E-state index in [-0.39, 0.29) is 17.2 Å². The summed E-state index contributed by atoms with van der Waals surface area (Å²) in [5.74, 6) is -1.03. The van der Waals surface area contributed by atoms with Crippen LogP contribution < -0.4 is 0 Å². The van der Waals surface area contributed by atoms with Gasteiger partial charge in [-0.1, -0.05) is 23.7 Å². The highest BCUT2D eigenvalue weighted by molar-refractivity contribution is 6.31. The van der Waals surface area contributed by atoms with Crippen molar-refractivity contribution in [3.63, 3.8) is 0 Å². The van der Waals surface area contributed by atoms with Gasteiger partial charge < -0.3 is 10.0 Å². The normalized spacial score (nSPS) is 21.9. The van der Waals surface area contributed by atoms with E-state index in [0.29, 0.717) is 29.3 Å². The summed E-state index contributed by atoms with van der Waals surface area (Å²) in [6, 6.07) is 9.04. The molecule has 2 aromatic rings. The van der Waals surface area contributed by atoms with Crippen LogP contribution in [-0.2, 0) is 4.79 Å². The highest BCUT2D eigenvalue weighted by atomic mass is 35.5. The fraction of sp³-hybridized carbons (Fsp3) is 0.389. The van der Waals surface area contributed by atoms with Crippen molar-refractivity contribution in [2.24, 2.45) is 11.3 Å². The van der Waals surface area contributed by atoms with Crippen molar-refractivity contribution in [3.8, 4) is 0 Å². The Balaban J connectivity index is 1.50. The maximum absolute atomic E-state index is 12.7. The number of carboxylic acid groups (broad SMARTS) is 1. The van der Waals surface area contributed by atoms with Crippen LogP contribution in [-0.4, -0.2) is 40.0 Å². The Morgan fingerprint density at radius 1 is 1.21 bits per heavy atom. The van der Waals surface area contributed by atoms with Gasteiger partial charge in [0.25, 0.3) is 5.91 Å². The molecular weight excluding hydrogens is 328 g/mol. The number of likely N-dealkylation sites (tertiary alicyclic amines) is 1. The van der Waals surface area contributed by atoms with E-state index in [1.807, 2.05) is 12.1 Å². The Bertz CT molecular complexity index is 843. The Morgan fingerprint density at radius 3 is 2.58 bits per heavy atom. The number of nitrogens with zero attached hydrogens (tertiary/aromatic N) is 2. The van der Waals surface area contributed by atoms with Crippen molar-refractivity contribution in [2.45, 2.75) is 19.3 Å². The maximum Gasteiger partial charge on any atom is 0.307 e. The van der Waals surface area contributed by atoms with E-state index in [2.05, 4.69) is 4.98 Å². The third-order valence-corrected chi connectivity index (χ3v) is 5.64. The molecule has 1 saturated carbocycles. The van der Waals surface area contributed by atoms with Crippen molar-refractivity contribution in [1.82, 2.24) is 9.88 Å². The number of fused-ring (bicyclic) bond motifs is 1. The van der Waals surface area contributed by atoms with Gasteiger partial charge in [-0.25, -0.2) is 4.98 Å². The molecule has 4 rings (SSSR count).